The molecule has 0 N–H and O–H groups in total. The fourth-order valence-corrected chi connectivity index (χ4v) is 3.39. The number of carbonyl (C=O) groups is 1. The SMILES string of the molecule is CCN(CC)c1nc2cc(C(=O)OC)ccc2c(=O)n1-c1ccc2c(c1)OCO2. The van der Waals surface area contributed by atoms with E-state index in [-0.39, 0.29) is 12.4 Å². The number of fused-ring (bicyclic) bond motifs is 2. The van der Waals surface area contributed by atoms with E-state index in [2.05, 4.69) is 0 Å². The molecule has 0 saturated heterocycles. The Hall–Kier alpha value is -3.55. The maximum atomic E-state index is 13.4. The van der Waals surface area contributed by atoms with Crippen molar-refractivity contribution in [1.82, 2.24) is 9.55 Å². The number of hydrogen-bond acceptors (Lipinski definition) is 7. The molecule has 3 aromatic rings. The van der Waals surface area contributed by atoms with Gasteiger partial charge in [0.05, 0.1) is 29.3 Å². The predicted octanol–water partition coefficient (Wildman–Crippen LogP) is 2.75. The van der Waals surface area contributed by atoms with Crippen molar-refractivity contribution >= 4 is 22.8 Å². The topological polar surface area (TPSA) is 82.9 Å². The van der Waals surface area contributed by atoms with Crippen LogP contribution in [0.25, 0.3) is 16.6 Å². The van der Waals surface area contributed by atoms with Crippen LogP contribution in [0.2, 0.25) is 0 Å². The summed E-state index contributed by atoms with van der Waals surface area (Å²) in [5.41, 5.74) is 1.19. The molecule has 0 unspecified atom stereocenters. The van der Waals surface area contributed by atoms with Crippen molar-refractivity contribution in [2.75, 3.05) is 31.9 Å². The van der Waals surface area contributed by atoms with Gasteiger partial charge in [0.1, 0.15) is 0 Å². The lowest BCUT2D eigenvalue weighted by molar-refractivity contribution is 0.0601. The third-order valence-electron chi connectivity index (χ3n) is 4.93. The van der Waals surface area contributed by atoms with Crippen molar-refractivity contribution in [3.05, 3.63) is 52.3 Å². The Morgan fingerprint density at radius 2 is 1.90 bits per heavy atom. The van der Waals surface area contributed by atoms with E-state index in [4.69, 9.17) is 19.2 Å². The molecule has 0 radical (unpaired) electrons. The third kappa shape index (κ3) is 3.16. The Labute approximate surface area is 167 Å². The molecule has 0 spiro atoms. The predicted molar refractivity (Wildman–Crippen MR) is 108 cm³/mol. The molecule has 0 fully saturated rings. The minimum Gasteiger partial charge on any atom is -0.465 e. The van der Waals surface area contributed by atoms with Crippen molar-refractivity contribution in [3.8, 4) is 17.2 Å². The number of ether oxygens (including phenoxy) is 3. The highest BCUT2D eigenvalue weighted by Crippen LogP contribution is 2.34. The standard InChI is InChI=1S/C21H21N3O5/c1-4-23(5-2)21-22-16-10-13(20(26)27-3)6-8-15(16)19(25)24(21)14-7-9-17-18(11-14)29-12-28-17/h6-11H,4-5,12H2,1-3H3. The Bertz CT molecular complexity index is 1150. The molecule has 8 heteroatoms. The molecule has 8 nitrogen and oxygen atoms in total. The number of hydrogen-bond donors (Lipinski definition) is 0. The number of anilines is 1. The second-order valence-corrected chi connectivity index (χ2v) is 6.49. The van der Waals surface area contributed by atoms with Crippen LogP contribution >= 0.6 is 0 Å². The van der Waals surface area contributed by atoms with Crippen LogP contribution < -0.4 is 19.9 Å². The first kappa shape index (κ1) is 18.8. The lowest BCUT2D eigenvalue weighted by Crippen LogP contribution is -2.32. The molecule has 0 saturated carbocycles. The quantitative estimate of drug-likeness (QED) is 0.614. The number of methoxy groups -OCH3 is 1. The summed E-state index contributed by atoms with van der Waals surface area (Å²) in [5.74, 6) is 1.25. The number of aromatic nitrogens is 2. The average Bonchev–Trinajstić information content (AvgIpc) is 3.21. The van der Waals surface area contributed by atoms with Crippen LogP contribution in [0.1, 0.15) is 24.2 Å². The Balaban J connectivity index is 1.99. The van der Waals surface area contributed by atoms with Crippen LogP contribution in [0.15, 0.2) is 41.2 Å². The minimum absolute atomic E-state index is 0.156. The molecule has 1 aliphatic heterocycles. The minimum atomic E-state index is -0.474. The summed E-state index contributed by atoms with van der Waals surface area (Å²) in [6.45, 7) is 5.47. The third-order valence-corrected chi connectivity index (χ3v) is 4.93. The normalized spacial score (nSPS) is 12.2. The zero-order valence-corrected chi connectivity index (χ0v) is 16.5. The van der Waals surface area contributed by atoms with Crippen molar-refractivity contribution in [2.24, 2.45) is 0 Å². The maximum Gasteiger partial charge on any atom is 0.337 e. The zero-order chi connectivity index (χ0) is 20.5. The smallest absolute Gasteiger partial charge is 0.337 e. The average molecular weight is 395 g/mol. The highest BCUT2D eigenvalue weighted by atomic mass is 16.7. The Kier molecular flexibility index (Phi) is 4.84. The summed E-state index contributed by atoms with van der Waals surface area (Å²) in [7, 11) is 1.32. The van der Waals surface area contributed by atoms with Crippen molar-refractivity contribution in [1.29, 1.82) is 0 Å². The van der Waals surface area contributed by atoms with E-state index in [9.17, 15) is 9.59 Å². The molecular weight excluding hydrogens is 374 g/mol. The highest BCUT2D eigenvalue weighted by molar-refractivity contribution is 5.94. The first-order valence-corrected chi connectivity index (χ1v) is 9.37. The van der Waals surface area contributed by atoms with Gasteiger partial charge in [-0.3, -0.25) is 4.79 Å². The van der Waals surface area contributed by atoms with Gasteiger partial charge in [0, 0.05) is 19.2 Å². The number of carbonyl (C=O) groups excluding carboxylic acids is 1. The van der Waals surface area contributed by atoms with E-state index in [1.165, 1.54) is 7.11 Å². The molecule has 0 amide bonds. The summed E-state index contributed by atoms with van der Waals surface area (Å²) in [6, 6.07) is 10.1. The van der Waals surface area contributed by atoms with Crippen LogP contribution in [0.4, 0.5) is 5.95 Å². The van der Waals surface area contributed by atoms with Gasteiger partial charge < -0.3 is 19.1 Å². The van der Waals surface area contributed by atoms with E-state index in [1.54, 1.807) is 41.0 Å². The summed E-state index contributed by atoms with van der Waals surface area (Å²) in [6.07, 6.45) is 0. The number of benzene rings is 2. The summed E-state index contributed by atoms with van der Waals surface area (Å²) in [4.78, 5) is 32.1. The molecule has 0 atom stereocenters. The Morgan fingerprint density at radius 1 is 1.14 bits per heavy atom. The zero-order valence-electron chi connectivity index (χ0n) is 16.5. The molecule has 29 heavy (non-hydrogen) atoms. The van der Waals surface area contributed by atoms with Crippen molar-refractivity contribution in [2.45, 2.75) is 13.8 Å². The largest absolute Gasteiger partial charge is 0.465 e. The van der Waals surface area contributed by atoms with Gasteiger partial charge in [-0.15, -0.1) is 0 Å². The summed E-state index contributed by atoms with van der Waals surface area (Å²) < 4.78 is 17.2. The van der Waals surface area contributed by atoms with Gasteiger partial charge >= 0.3 is 5.97 Å². The molecule has 1 aliphatic rings. The second-order valence-electron chi connectivity index (χ2n) is 6.49. The van der Waals surface area contributed by atoms with Gasteiger partial charge in [-0.2, -0.15) is 0 Å². The Morgan fingerprint density at radius 3 is 2.62 bits per heavy atom. The first-order chi connectivity index (χ1) is 14.1. The van der Waals surface area contributed by atoms with Crippen LogP contribution in [0, 0.1) is 0 Å². The molecule has 2 aromatic carbocycles. The molecule has 1 aromatic heterocycles. The van der Waals surface area contributed by atoms with Gasteiger partial charge in [0.2, 0.25) is 12.7 Å². The van der Waals surface area contributed by atoms with E-state index in [0.29, 0.717) is 52.7 Å². The number of nitrogens with zero attached hydrogens (tertiary/aromatic N) is 3. The van der Waals surface area contributed by atoms with Gasteiger partial charge in [0.25, 0.3) is 5.56 Å². The second kappa shape index (κ2) is 7.46. The molecule has 2 heterocycles. The van der Waals surface area contributed by atoms with Crippen molar-refractivity contribution in [3.63, 3.8) is 0 Å². The van der Waals surface area contributed by atoms with Crippen LogP contribution in [0.3, 0.4) is 0 Å². The first-order valence-electron chi connectivity index (χ1n) is 9.37. The lowest BCUT2D eigenvalue weighted by Gasteiger charge is -2.24. The monoisotopic (exact) mass is 395 g/mol. The summed E-state index contributed by atoms with van der Waals surface area (Å²) >= 11 is 0. The van der Waals surface area contributed by atoms with Crippen LogP contribution in [-0.2, 0) is 4.74 Å². The van der Waals surface area contributed by atoms with Crippen LogP contribution in [-0.4, -0.2) is 42.5 Å². The fraction of sp³-hybridized carbons (Fsp3) is 0.286. The molecule has 0 aliphatic carbocycles. The van der Waals surface area contributed by atoms with E-state index in [0.717, 1.165) is 0 Å². The molecule has 4 rings (SSSR count). The molecular formula is C21H21N3O5. The molecule has 0 bridgehead atoms. The van der Waals surface area contributed by atoms with Gasteiger partial charge in [-0.25, -0.2) is 14.3 Å². The maximum absolute atomic E-state index is 13.4. The van der Waals surface area contributed by atoms with Gasteiger partial charge in [0.15, 0.2) is 11.5 Å². The highest BCUT2D eigenvalue weighted by Gasteiger charge is 2.20. The molecule has 150 valence electrons. The van der Waals surface area contributed by atoms with Crippen molar-refractivity contribution < 1.29 is 19.0 Å². The van der Waals surface area contributed by atoms with E-state index >= 15 is 0 Å². The van der Waals surface area contributed by atoms with Gasteiger partial charge in [-0.1, -0.05) is 0 Å². The van der Waals surface area contributed by atoms with Gasteiger partial charge in [-0.05, 0) is 44.2 Å². The summed E-state index contributed by atoms with van der Waals surface area (Å²) in [5, 5.41) is 0.409. The number of esters is 1. The van der Waals surface area contributed by atoms with E-state index < -0.39 is 5.97 Å². The number of rotatable bonds is 5. The fourth-order valence-electron chi connectivity index (χ4n) is 3.39. The van der Waals surface area contributed by atoms with Crippen LogP contribution in [0.5, 0.6) is 11.5 Å². The lowest BCUT2D eigenvalue weighted by atomic mass is 10.1. The van der Waals surface area contributed by atoms with E-state index in [1.807, 2.05) is 18.7 Å².